The SMILES string of the molecule is CCCCOc1ccc(C(=O)N2CCc3cc(OC)c(OC)cc3C2COc2ccc(C(=O)OCC)cc2)cc1. The summed E-state index contributed by atoms with van der Waals surface area (Å²) in [6.45, 7) is 5.58. The molecule has 1 heterocycles. The van der Waals surface area contributed by atoms with Crippen molar-refractivity contribution in [2.45, 2.75) is 39.2 Å². The zero-order chi connectivity index (χ0) is 28.5. The van der Waals surface area contributed by atoms with Crippen molar-refractivity contribution < 1.29 is 33.3 Å². The van der Waals surface area contributed by atoms with E-state index >= 15 is 0 Å². The molecule has 1 amide bonds. The molecule has 8 nitrogen and oxygen atoms in total. The Morgan fingerprint density at radius 2 is 1.48 bits per heavy atom. The Bertz CT molecular complexity index is 1290. The van der Waals surface area contributed by atoms with Gasteiger partial charge in [-0.1, -0.05) is 13.3 Å². The van der Waals surface area contributed by atoms with Crippen LogP contribution in [0.15, 0.2) is 60.7 Å². The van der Waals surface area contributed by atoms with Crippen LogP contribution in [0.2, 0.25) is 0 Å². The van der Waals surface area contributed by atoms with Crippen LogP contribution in [-0.4, -0.2) is 57.4 Å². The Hall–Kier alpha value is -4.20. The van der Waals surface area contributed by atoms with Gasteiger partial charge in [0.2, 0.25) is 0 Å². The number of unbranched alkanes of at least 4 members (excludes halogenated alkanes) is 1. The Morgan fingerprint density at radius 3 is 2.10 bits per heavy atom. The van der Waals surface area contributed by atoms with E-state index in [9.17, 15) is 9.59 Å². The zero-order valence-electron chi connectivity index (χ0n) is 23.6. The van der Waals surface area contributed by atoms with Crippen LogP contribution in [0.3, 0.4) is 0 Å². The first-order valence-electron chi connectivity index (χ1n) is 13.7. The van der Waals surface area contributed by atoms with Gasteiger partial charge in [0.1, 0.15) is 18.1 Å². The van der Waals surface area contributed by atoms with E-state index in [0.717, 1.165) is 29.7 Å². The van der Waals surface area contributed by atoms with Gasteiger partial charge in [0, 0.05) is 12.1 Å². The normalized spacial score (nSPS) is 14.2. The lowest BCUT2D eigenvalue weighted by molar-refractivity contribution is 0.0524. The first-order chi connectivity index (χ1) is 19.5. The highest BCUT2D eigenvalue weighted by atomic mass is 16.5. The number of amides is 1. The molecule has 8 heteroatoms. The summed E-state index contributed by atoms with van der Waals surface area (Å²) >= 11 is 0. The molecule has 1 unspecified atom stereocenters. The largest absolute Gasteiger partial charge is 0.494 e. The van der Waals surface area contributed by atoms with Crippen LogP contribution in [-0.2, 0) is 11.2 Å². The zero-order valence-corrected chi connectivity index (χ0v) is 23.6. The molecule has 40 heavy (non-hydrogen) atoms. The van der Waals surface area contributed by atoms with E-state index in [1.54, 1.807) is 57.5 Å². The van der Waals surface area contributed by atoms with E-state index in [0.29, 0.717) is 54.6 Å². The molecule has 0 radical (unpaired) electrons. The van der Waals surface area contributed by atoms with Gasteiger partial charge in [-0.15, -0.1) is 0 Å². The van der Waals surface area contributed by atoms with Crippen molar-refractivity contribution in [1.29, 1.82) is 0 Å². The van der Waals surface area contributed by atoms with Crippen LogP contribution in [0.25, 0.3) is 0 Å². The highest BCUT2D eigenvalue weighted by Gasteiger charge is 2.33. The molecule has 0 aromatic heterocycles. The van der Waals surface area contributed by atoms with Gasteiger partial charge in [-0.05, 0) is 91.6 Å². The predicted octanol–water partition coefficient (Wildman–Crippen LogP) is 5.88. The van der Waals surface area contributed by atoms with E-state index in [2.05, 4.69) is 6.92 Å². The van der Waals surface area contributed by atoms with E-state index in [4.69, 9.17) is 23.7 Å². The van der Waals surface area contributed by atoms with E-state index in [1.165, 1.54) is 0 Å². The van der Waals surface area contributed by atoms with Crippen LogP contribution in [0.5, 0.6) is 23.0 Å². The van der Waals surface area contributed by atoms with Crippen molar-refractivity contribution in [2.24, 2.45) is 0 Å². The summed E-state index contributed by atoms with van der Waals surface area (Å²) in [4.78, 5) is 27.6. The van der Waals surface area contributed by atoms with Crippen LogP contribution < -0.4 is 18.9 Å². The fourth-order valence-electron chi connectivity index (χ4n) is 4.72. The highest BCUT2D eigenvalue weighted by molar-refractivity contribution is 5.95. The molecule has 3 aromatic rings. The maximum atomic E-state index is 13.8. The molecule has 0 bridgehead atoms. The second-order valence-electron chi connectivity index (χ2n) is 9.45. The Morgan fingerprint density at radius 1 is 0.850 bits per heavy atom. The van der Waals surface area contributed by atoms with E-state index in [-0.39, 0.29) is 24.5 Å². The van der Waals surface area contributed by atoms with Gasteiger partial charge in [-0.25, -0.2) is 4.79 Å². The third-order valence-electron chi connectivity index (χ3n) is 6.90. The molecule has 0 saturated heterocycles. The van der Waals surface area contributed by atoms with Crippen molar-refractivity contribution in [3.8, 4) is 23.0 Å². The number of hydrogen-bond acceptors (Lipinski definition) is 7. The van der Waals surface area contributed by atoms with Gasteiger partial charge in [-0.2, -0.15) is 0 Å². The molecule has 1 aliphatic heterocycles. The summed E-state index contributed by atoms with van der Waals surface area (Å²) in [6, 6.07) is 17.6. The quantitative estimate of drug-likeness (QED) is 0.207. The Labute approximate surface area is 235 Å². The molecule has 4 rings (SSSR count). The Balaban J connectivity index is 1.59. The Kier molecular flexibility index (Phi) is 9.89. The van der Waals surface area contributed by atoms with Crippen LogP contribution in [0, 0.1) is 0 Å². The van der Waals surface area contributed by atoms with Crippen molar-refractivity contribution in [3.63, 3.8) is 0 Å². The summed E-state index contributed by atoms with van der Waals surface area (Å²) in [5.41, 5.74) is 3.05. The first kappa shape index (κ1) is 28.8. The van der Waals surface area contributed by atoms with E-state index in [1.807, 2.05) is 29.2 Å². The lowest BCUT2D eigenvalue weighted by Gasteiger charge is -2.37. The average Bonchev–Trinajstić information content (AvgIpc) is 2.99. The predicted molar refractivity (Wildman–Crippen MR) is 152 cm³/mol. The summed E-state index contributed by atoms with van der Waals surface area (Å²) in [5, 5.41) is 0. The molecular weight excluding hydrogens is 510 g/mol. The summed E-state index contributed by atoms with van der Waals surface area (Å²) in [7, 11) is 3.20. The van der Waals surface area contributed by atoms with Gasteiger partial charge < -0.3 is 28.6 Å². The number of benzene rings is 3. The number of rotatable bonds is 12. The minimum absolute atomic E-state index is 0.0909. The smallest absolute Gasteiger partial charge is 0.338 e. The second-order valence-corrected chi connectivity index (χ2v) is 9.45. The van der Waals surface area contributed by atoms with Crippen molar-refractivity contribution in [2.75, 3.05) is 40.6 Å². The van der Waals surface area contributed by atoms with Crippen molar-refractivity contribution in [3.05, 3.63) is 82.9 Å². The van der Waals surface area contributed by atoms with Gasteiger partial charge in [0.15, 0.2) is 11.5 Å². The molecule has 0 spiro atoms. The molecule has 1 aliphatic rings. The topological polar surface area (TPSA) is 83.5 Å². The second kappa shape index (κ2) is 13.7. The first-order valence-corrected chi connectivity index (χ1v) is 13.7. The van der Waals surface area contributed by atoms with Crippen LogP contribution >= 0.6 is 0 Å². The summed E-state index contributed by atoms with van der Waals surface area (Å²) in [6.07, 6.45) is 2.71. The summed E-state index contributed by atoms with van der Waals surface area (Å²) < 4.78 is 28.1. The van der Waals surface area contributed by atoms with Gasteiger partial charge >= 0.3 is 5.97 Å². The van der Waals surface area contributed by atoms with Crippen molar-refractivity contribution >= 4 is 11.9 Å². The lowest BCUT2D eigenvalue weighted by atomic mass is 9.91. The van der Waals surface area contributed by atoms with Crippen molar-refractivity contribution in [1.82, 2.24) is 4.90 Å². The van der Waals surface area contributed by atoms with E-state index < -0.39 is 0 Å². The highest BCUT2D eigenvalue weighted by Crippen LogP contribution is 2.39. The summed E-state index contributed by atoms with van der Waals surface area (Å²) in [5.74, 6) is 2.10. The molecule has 212 valence electrons. The number of carbonyl (C=O) groups excluding carboxylic acids is 2. The minimum atomic E-state index is -0.380. The lowest BCUT2D eigenvalue weighted by Crippen LogP contribution is -2.42. The molecule has 3 aromatic carbocycles. The van der Waals surface area contributed by atoms with Gasteiger partial charge in [0.25, 0.3) is 5.91 Å². The third kappa shape index (κ3) is 6.68. The number of nitrogens with zero attached hydrogens (tertiary/aromatic N) is 1. The number of fused-ring (bicyclic) bond motifs is 1. The molecule has 0 aliphatic carbocycles. The van der Waals surface area contributed by atoms with Gasteiger partial charge in [0.05, 0.1) is 39.0 Å². The fraction of sp³-hybridized carbons (Fsp3) is 0.375. The number of esters is 1. The average molecular weight is 548 g/mol. The number of ether oxygens (including phenoxy) is 5. The number of carbonyl (C=O) groups is 2. The van der Waals surface area contributed by atoms with Crippen LogP contribution in [0.4, 0.5) is 0 Å². The maximum absolute atomic E-state index is 13.8. The molecule has 0 saturated carbocycles. The fourth-order valence-corrected chi connectivity index (χ4v) is 4.72. The molecular formula is C32H37NO7. The van der Waals surface area contributed by atoms with Gasteiger partial charge in [-0.3, -0.25) is 4.79 Å². The molecule has 0 fully saturated rings. The maximum Gasteiger partial charge on any atom is 0.338 e. The monoisotopic (exact) mass is 547 g/mol. The minimum Gasteiger partial charge on any atom is -0.494 e. The number of methoxy groups -OCH3 is 2. The van der Waals surface area contributed by atoms with Crippen LogP contribution in [0.1, 0.15) is 64.6 Å². The molecule has 1 atom stereocenters. The molecule has 0 N–H and O–H groups in total. The third-order valence-corrected chi connectivity index (χ3v) is 6.90. The number of hydrogen-bond donors (Lipinski definition) is 0. The standard InChI is InChI=1S/C32H37NO7/c1-5-7-18-39-25-12-8-22(9-13-25)31(34)33-17-16-24-19-29(36-3)30(37-4)20-27(24)28(33)21-40-26-14-10-23(11-15-26)32(35)38-6-2/h8-15,19-20,28H,5-7,16-18,21H2,1-4H3.